The molecule has 0 aromatic rings. The van der Waals surface area contributed by atoms with Crippen LogP contribution < -0.4 is 5.73 Å². The number of likely N-dealkylation sites (tertiary alicyclic amines) is 2. The van der Waals surface area contributed by atoms with Crippen molar-refractivity contribution in [2.75, 3.05) is 32.7 Å². The molecule has 5 nitrogen and oxygen atoms in total. The summed E-state index contributed by atoms with van der Waals surface area (Å²) in [6.07, 6.45) is 3.03. The molecule has 2 heterocycles. The van der Waals surface area contributed by atoms with E-state index >= 15 is 0 Å². The zero-order chi connectivity index (χ0) is 12.3. The zero-order valence-corrected chi connectivity index (χ0v) is 10.1. The van der Waals surface area contributed by atoms with E-state index in [1.807, 2.05) is 4.90 Å². The van der Waals surface area contributed by atoms with Gasteiger partial charge in [-0.3, -0.25) is 9.69 Å². The summed E-state index contributed by atoms with van der Waals surface area (Å²) in [4.78, 5) is 15.7. The molecule has 1 atom stereocenters. The second-order valence-corrected chi connectivity index (χ2v) is 4.93. The van der Waals surface area contributed by atoms with Gasteiger partial charge in [-0.25, -0.2) is 0 Å². The molecule has 0 aromatic heterocycles. The fourth-order valence-electron chi connectivity index (χ4n) is 2.83. The smallest absolute Gasteiger partial charge is 0.236 e. The van der Waals surface area contributed by atoms with Gasteiger partial charge in [-0.2, -0.15) is 5.26 Å². The van der Waals surface area contributed by atoms with Crippen LogP contribution in [0, 0.1) is 17.2 Å². The summed E-state index contributed by atoms with van der Waals surface area (Å²) >= 11 is 0. The molecular weight excluding hydrogens is 216 g/mol. The van der Waals surface area contributed by atoms with Crippen molar-refractivity contribution in [3.05, 3.63) is 0 Å². The topological polar surface area (TPSA) is 73.4 Å². The fourth-order valence-corrected chi connectivity index (χ4v) is 2.83. The number of carbonyl (C=O) groups is 1. The number of piperidine rings is 1. The first-order chi connectivity index (χ1) is 8.24. The second kappa shape index (κ2) is 5.48. The zero-order valence-electron chi connectivity index (χ0n) is 10.1. The van der Waals surface area contributed by atoms with E-state index in [-0.39, 0.29) is 18.4 Å². The number of nitrogens with two attached hydrogens (primary N) is 1. The molecule has 2 aliphatic heterocycles. The average molecular weight is 236 g/mol. The first-order valence-corrected chi connectivity index (χ1v) is 6.36. The summed E-state index contributed by atoms with van der Waals surface area (Å²) in [6, 6.07) is 2.90. The van der Waals surface area contributed by atoms with E-state index in [2.05, 4.69) is 11.0 Å². The Morgan fingerprint density at radius 1 is 1.29 bits per heavy atom. The highest BCUT2D eigenvalue weighted by atomic mass is 16.2. The van der Waals surface area contributed by atoms with Crippen LogP contribution in [-0.4, -0.2) is 54.5 Å². The van der Waals surface area contributed by atoms with Crippen molar-refractivity contribution in [3.63, 3.8) is 0 Å². The molecule has 2 N–H and O–H groups in total. The van der Waals surface area contributed by atoms with Gasteiger partial charge in [-0.15, -0.1) is 0 Å². The van der Waals surface area contributed by atoms with Gasteiger partial charge in [0, 0.05) is 25.7 Å². The number of nitrogens with zero attached hydrogens (tertiary/aromatic N) is 3. The minimum absolute atomic E-state index is 0.0553. The third-order valence-corrected chi connectivity index (χ3v) is 3.91. The molecule has 94 valence electrons. The van der Waals surface area contributed by atoms with Crippen LogP contribution in [-0.2, 0) is 4.79 Å². The van der Waals surface area contributed by atoms with Gasteiger partial charge >= 0.3 is 0 Å². The second-order valence-electron chi connectivity index (χ2n) is 4.93. The molecule has 0 spiro atoms. The van der Waals surface area contributed by atoms with Crippen molar-refractivity contribution in [3.8, 4) is 6.07 Å². The summed E-state index contributed by atoms with van der Waals surface area (Å²) in [7, 11) is 0. The van der Waals surface area contributed by atoms with Crippen molar-refractivity contribution < 1.29 is 4.79 Å². The first-order valence-electron chi connectivity index (χ1n) is 6.36. The lowest BCUT2D eigenvalue weighted by atomic mass is 10.0. The van der Waals surface area contributed by atoms with Gasteiger partial charge in [0.2, 0.25) is 5.91 Å². The third kappa shape index (κ3) is 2.76. The maximum absolute atomic E-state index is 11.4. The molecule has 0 saturated carbocycles. The monoisotopic (exact) mass is 236 g/mol. The Morgan fingerprint density at radius 3 is 2.53 bits per heavy atom. The molecule has 0 radical (unpaired) electrons. The van der Waals surface area contributed by atoms with E-state index < -0.39 is 0 Å². The van der Waals surface area contributed by atoms with E-state index in [1.54, 1.807) is 0 Å². The van der Waals surface area contributed by atoms with Crippen molar-refractivity contribution in [1.82, 2.24) is 9.80 Å². The lowest BCUT2D eigenvalue weighted by Crippen LogP contribution is -2.47. The lowest BCUT2D eigenvalue weighted by molar-refractivity contribution is -0.131. The molecule has 1 amide bonds. The summed E-state index contributed by atoms with van der Waals surface area (Å²) in [5.41, 5.74) is 5.36. The highest BCUT2D eigenvalue weighted by molar-refractivity contribution is 5.78. The fraction of sp³-hybridized carbons (Fsp3) is 0.833. The van der Waals surface area contributed by atoms with Crippen LogP contribution in [0.2, 0.25) is 0 Å². The Morgan fingerprint density at radius 2 is 2.00 bits per heavy atom. The summed E-state index contributed by atoms with van der Waals surface area (Å²) in [5, 5.41) is 8.89. The number of hydrogen-bond donors (Lipinski definition) is 1. The number of nitriles is 1. The molecule has 2 saturated heterocycles. The van der Waals surface area contributed by atoms with Crippen LogP contribution in [0.15, 0.2) is 0 Å². The minimum atomic E-state index is 0.0553. The van der Waals surface area contributed by atoms with Crippen LogP contribution >= 0.6 is 0 Å². The van der Waals surface area contributed by atoms with Crippen molar-refractivity contribution in [2.45, 2.75) is 25.3 Å². The highest BCUT2D eigenvalue weighted by Gasteiger charge is 2.31. The number of carbonyl (C=O) groups excluding carboxylic acids is 1. The van der Waals surface area contributed by atoms with Crippen LogP contribution in [0.5, 0.6) is 0 Å². The molecule has 0 aromatic carbocycles. The largest absolute Gasteiger partial charge is 0.341 e. The standard InChI is InChI=1S/C12H20N4O/c13-7-10-1-4-16(9-10)11-2-5-15(6-3-11)12(17)8-14/h10-11H,1-6,8-9,14H2. The summed E-state index contributed by atoms with van der Waals surface area (Å²) < 4.78 is 0. The van der Waals surface area contributed by atoms with Gasteiger partial charge < -0.3 is 10.6 Å². The predicted octanol–water partition coefficient (Wildman–Crippen LogP) is -0.218. The van der Waals surface area contributed by atoms with Gasteiger partial charge in [0.05, 0.1) is 18.5 Å². The number of hydrogen-bond acceptors (Lipinski definition) is 4. The van der Waals surface area contributed by atoms with E-state index in [0.29, 0.717) is 6.04 Å². The van der Waals surface area contributed by atoms with Gasteiger partial charge in [0.1, 0.15) is 0 Å². The molecule has 2 rings (SSSR count). The van der Waals surface area contributed by atoms with Crippen LogP contribution in [0.3, 0.4) is 0 Å². The molecule has 2 aliphatic rings. The quantitative estimate of drug-likeness (QED) is 0.719. The van der Waals surface area contributed by atoms with E-state index in [0.717, 1.165) is 45.4 Å². The minimum Gasteiger partial charge on any atom is -0.341 e. The molecule has 0 bridgehead atoms. The Labute approximate surface area is 102 Å². The van der Waals surface area contributed by atoms with Gasteiger partial charge in [0.15, 0.2) is 0 Å². The Hall–Kier alpha value is -1.12. The normalized spacial score (nSPS) is 27.1. The number of amides is 1. The average Bonchev–Trinajstić information content (AvgIpc) is 2.87. The van der Waals surface area contributed by atoms with Crippen molar-refractivity contribution in [2.24, 2.45) is 11.7 Å². The molecule has 17 heavy (non-hydrogen) atoms. The van der Waals surface area contributed by atoms with Gasteiger partial charge in [-0.05, 0) is 25.8 Å². The first kappa shape index (κ1) is 12.3. The predicted molar refractivity (Wildman–Crippen MR) is 63.9 cm³/mol. The maximum Gasteiger partial charge on any atom is 0.236 e. The lowest BCUT2D eigenvalue weighted by Gasteiger charge is -2.36. The molecule has 2 fully saturated rings. The Kier molecular flexibility index (Phi) is 3.97. The van der Waals surface area contributed by atoms with E-state index in [1.165, 1.54) is 0 Å². The SMILES string of the molecule is N#CC1CCN(C2CCN(C(=O)CN)CC2)C1. The molecular formula is C12H20N4O. The molecule has 1 unspecified atom stereocenters. The van der Waals surface area contributed by atoms with Gasteiger partial charge in [-0.1, -0.05) is 0 Å². The van der Waals surface area contributed by atoms with E-state index in [4.69, 9.17) is 11.0 Å². The Bertz CT molecular complexity index is 317. The maximum atomic E-state index is 11.4. The van der Waals surface area contributed by atoms with Crippen LogP contribution in [0.25, 0.3) is 0 Å². The highest BCUT2D eigenvalue weighted by Crippen LogP contribution is 2.23. The summed E-state index contributed by atoms with van der Waals surface area (Å²) in [5.74, 6) is 0.262. The van der Waals surface area contributed by atoms with Gasteiger partial charge in [0.25, 0.3) is 0 Å². The van der Waals surface area contributed by atoms with E-state index in [9.17, 15) is 4.79 Å². The van der Waals surface area contributed by atoms with Crippen LogP contribution in [0.4, 0.5) is 0 Å². The summed E-state index contributed by atoms with van der Waals surface area (Å²) in [6.45, 7) is 3.69. The molecule has 0 aliphatic carbocycles. The van der Waals surface area contributed by atoms with Crippen LogP contribution in [0.1, 0.15) is 19.3 Å². The molecule has 5 heteroatoms. The third-order valence-electron chi connectivity index (χ3n) is 3.91. The number of rotatable bonds is 2. The van der Waals surface area contributed by atoms with Crippen molar-refractivity contribution in [1.29, 1.82) is 5.26 Å². The Balaban J connectivity index is 1.80. The van der Waals surface area contributed by atoms with Crippen molar-refractivity contribution >= 4 is 5.91 Å².